The number of aromatic nitrogens is 2. The van der Waals surface area contributed by atoms with E-state index >= 15 is 0 Å². The van der Waals surface area contributed by atoms with Gasteiger partial charge in [0.1, 0.15) is 12.4 Å². The fourth-order valence-electron chi connectivity index (χ4n) is 1.27. The lowest BCUT2D eigenvalue weighted by atomic mass is 10.3. The van der Waals surface area contributed by atoms with Crippen LogP contribution in [0.25, 0.3) is 0 Å². The number of anilines is 2. The molecule has 0 bridgehead atoms. The van der Waals surface area contributed by atoms with Crippen LogP contribution in [0.15, 0.2) is 42.7 Å². The molecule has 0 amide bonds. The third-order valence-electron chi connectivity index (χ3n) is 2.11. The van der Waals surface area contributed by atoms with Gasteiger partial charge in [-0.25, -0.2) is 9.97 Å². The highest BCUT2D eigenvalue weighted by Gasteiger charge is 2.07. The first-order chi connectivity index (χ1) is 9.15. The van der Waals surface area contributed by atoms with E-state index in [1.165, 1.54) is 0 Å². The summed E-state index contributed by atoms with van der Waals surface area (Å²) in [6.45, 7) is 0. The summed E-state index contributed by atoms with van der Waals surface area (Å²) in [5.74, 6) is 0.194. The normalized spacial score (nSPS) is 9.68. The second-order valence-corrected chi connectivity index (χ2v) is 3.88. The predicted octanol–water partition coefficient (Wildman–Crippen LogP) is 2.19. The first-order valence-corrected chi connectivity index (χ1v) is 5.65. The number of benzene rings is 1. The lowest BCUT2D eigenvalue weighted by Gasteiger charge is -2.08. The second-order valence-electron chi connectivity index (χ2n) is 3.47. The predicted molar refractivity (Wildman–Crippen MR) is 75.0 cm³/mol. The van der Waals surface area contributed by atoms with Crippen molar-refractivity contribution in [2.75, 3.05) is 10.6 Å². The molecule has 0 saturated heterocycles. The summed E-state index contributed by atoms with van der Waals surface area (Å²) in [6, 6.07) is 9.33. The van der Waals surface area contributed by atoms with Crippen LogP contribution in [0.2, 0.25) is 0 Å². The fourth-order valence-corrected chi connectivity index (χ4v) is 1.47. The zero-order chi connectivity index (χ0) is 13.7. The number of nitro groups is 1. The first kappa shape index (κ1) is 12.8. The number of hydrogen-bond acceptors (Lipinski definition) is 5. The topological polar surface area (TPSA) is 93.0 Å². The van der Waals surface area contributed by atoms with Crippen molar-refractivity contribution in [3.05, 3.63) is 52.8 Å². The summed E-state index contributed by atoms with van der Waals surface area (Å²) in [5.41, 5.74) is 0.648. The number of para-hydroxylation sites is 1. The molecular formula is C11H9N5O2S. The molecule has 0 aliphatic rings. The van der Waals surface area contributed by atoms with Gasteiger partial charge < -0.3 is 10.6 Å². The number of rotatable bonds is 3. The van der Waals surface area contributed by atoms with E-state index in [2.05, 4.69) is 20.6 Å². The monoisotopic (exact) mass is 275 g/mol. The summed E-state index contributed by atoms with van der Waals surface area (Å²) in [6.07, 6.45) is 2.22. The molecule has 0 aliphatic heterocycles. The van der Waals surface area contributed by atoms with Crippen LogP contribution < -0.4 is 10.6 Å². The maximum absolute atomic E-state index is 10.4. The van der Waals surface area contributed by atoms with Crippen LogP contribution in [0, 0.1) is 10.1 Å². The summed E-state index contributed by atoms with van der Waals surface area (Å²) >= 11 is 5.07. The number of thiocarbonyl (C=S) groups is 1. The summed E-state index contributed by atoms with van der Waals surface area (Å²) < 4.78 is 0. The minimum atomic E-state index is -0.565. The molecule has 96 valence electrons. The molecule has 1 aromatic heterocycles. The van der Waals surface area contributed by atoms with Crippen LogP contribution in [0.3, 0.4) is 0 Å². The SMILES string of the molecule is O=[N+]([O-])c1cnc(NC(=S)Nc2ccccc2)nc1. The molecule has 0 aliphatic carbocycles. The molecule has 1 heterocycles. The average Bonchev–Trinajstić information content (AvgIpc) is 2.40. The van der Waals surface area contributed by atoms with Crippen molar-refractivity contribution in [3.63, 3.8) is 0 Å². The van der Waals surface area contributed by atoms with Crippen LogP contribution in [0.4, 0.5) is 17.3 Å². The van der Waals surface area contributed by atoms with E-state index in [4.69, 9.17) is 12.2 Å². The van der Waals surface area contributed by atoms with Gasteiger partial charge in [0.2, 0.25) is 5.95 Å². The summed E-state index contributed by atoms with van der Waals surface area (Å²) in [4.78, 5) is 17.5. The zero-order valence-electron chi connectivity index (χ0n) is 9.61. The molecule has 0 fully saturated rings. The second kappa shape index (κ2) is 5.83. The molecule has 19 heavy (non-hydrogen) atoms. The molecule has 2 N–H and O–H groups in total. The van der Waals surface area contributed by atoms with Gasteiger partial charge in [0.05, 0.1) is 4.92 Å². The Balaban J connectivity index is 1.97. The first-order valence-electron chi connectivity index (χ1n) is 5.24. The standard InChI is InChI=1S/C11H9N5O2S/c17-16(18)9-6-12-10(13-7-9)15-11(19)14-8-4-2-1-3-5-8/h1-7H,(H2,12,13,14,15,19). The minimum absolute atomic E-state index is 0.174. The molecular weight excluding hydrogens is 266 g/mol. The van der Waals surface area contributed by atoms with Gasteiger partial charge in [0.15, 0.2) is 5.11 Å². The average molecular weight is 275 g/mol. The van der Waals surface area contributed by atoms with Gasteiger partial charge >= 0.3 is 5.69 Å². The maximum Gasteiger partial charge on any atom is 0.305 e. The van der Waals surface area contributed by atoms with Crippen molar-refractivity contribution in [1.29, 1.82) is 0 Å². The third-order valence-corrected chi connectivity index (χ3v) is 2.31. The molecule has 7 nitrogen and oxygen atoms in total. The molecule has 0 radical (unpaired) electrons. The Hall–Kier alpha value is -2.61. The molecule has 0 spiro atoms. The summed E-state index contributed by atoms with van der Waals surface area (Å²) in [5, 5.41) is 16.4. The van der Waals surface area contributed by atoms with Gasteiger partial charge in [-0.3, -0.25) is 10.1 Å². The van der Waals surface area contributed by atoms with Gasteiger partial charge in [-0.2, -0.15) is 0 Å². The van der Waals surface area contributed by atoms with Crippen molar-refractivity contribution in [2.45, 2.75) is 0 Å². The Bertz CT molecular complexity index is 588. The van der Waals surface area contributed by atoms with E-state index in [9.17, 15) is 10.1 Å². The van der Waals surface area contributed by atoms with Gasteiger partial charge in [-0.1, -0.05) is 18.2 Å². The molecule has 2 rings (SSSR count). The largest absolute Gasteiger partial charge is 0.332 e. The Morgan fingerprint density at radius 2 is 1.79 bits per heavy atom. The van der Waals surface area contributed by atoms with Gasteiger partial charge in [0.25, 0.3) is 0 Å². The Labute approximate surface area is 113 Å². The van der Waals surface area contributed by atoms with Crippen LogP contribution >= 0.6 is 12.2 Å². The highest BCUT2D eigenvalue weighted by molar-refractivity contribution is 7.80. The van der Waals surface area contributed by atoms with Crippen molar-refractivity contribution < 1.29 is 4.92 Å². The molecule has 0 atom stereocenters. The van der Waals surface area contributed by atoms with Crippen LogP contribution in [0.5, 0.6) is 0 Å². The molecule has 8 heteroatoms. The number of hydrogen-bond donors (Lipinski definition) is 2. The van der Waals surface area contributed by atoms with E-state index in [0.29, 0.717) is 5.11 Å². The molecule has 0 saturated carbocycles. The highest BCUT2D eigenvalue weighted by Crippen LogP contribution is 2.09. The smallest absolute Gasteiger partial charge is 0.305 e. The van der Waals surface area contributed by atoms with Gasteiger partial charge in [-0.05, 0) is 24.4 Å². The van der Waals surface area contributed by atoms with Crippen LogP contribution in [-0.2, 0) is 0 Å². The Morgan fingerprint density at radius 3 is 2.37 bits per heavy atom. The Kier molecular flexibility index (Phi) is 3.94. The molecule has 1 aromatic carbocycles. The lowest BCUT2D eigenvalue weighted by Crippen LogP contribution is -2.20. The lowest BCUT2D eigenvalue weighted by molar-refractivity contribution is -0.385. The van der Waals surface area contributed by atoms with Gasteiger partial charge in [-0.15, -0.1) is 0 Å². The van der Waals surface area contributed by atoms with E-state index in [0.717, 1.165) is 18.1 Å². The van der Waals surface area contributed by atoms with E-state index in [-0.39, 0.29) is 11.6 Å². The number of nitrogens with one attached hydrogen (secondary N) is 2. The van der Waals surface area contributed by atoms with Crippen LogP contribution in [-0.4, -0.2) is 20.0 Å². The maximum atomic E-state index is 10.4. The molecule has 0 unspecified atom stereocenters. The Morgan fingerprint density at radius 1 is 1.16 bits per heavy atom. The van der Waals surface area contributed by atoms with Crippen molar-refractivity contribution in [2.24, 2.45) is 0 Å². The molecule has 2 aromatic rings. The zero-order valence-corrected chi connectivity index (χ0v) is 10.4. The minimum Gasteiger partial charge on any atom is -0.332 e. The fraction of sp³-hybridized carbons (Fsp3) is 0. The van der Waals surface area contributed by atoms with E-state index in [1.807, 2.05) is 30.3 Å². The van der Waals surface area contributed by atoms with Gasteiger partial charge in [0, 0.05) is 5.69 Å². The van der Waals surface area contributed by atoms with Crippen molar-refractivity contribution >= 4 is 34.7 Å². The van der Waals surface area contributed by atoms with E-state index in [1.54, 1.807) is 0 Å². The van der Waals surface area contributed by atoms with Crippen LogP contribution in [0.1, 0.15) is 0 Å². The quantitative estimate of drug-likeness (QED) is 0.504. The highest BCUT2D eigenvalue weighted by atomic mass is 32.1. The van der Waals surface area contributed by atoms with E-state index < -0.39 is 4.92 Å². The third kappa shape index (κ3) is 3.68. The van der Waals surface area contributed by atoms with Crippen molar-refractivity contribution in [3.8, 4) is 0 Å². The number of nitrogens with zero attached hydrogens (tertiary/aromatic N) is 3. The summed E-state index contributed by atoms with van der Waals surface area (Å²) in [7, 11) is 0. The van der Waals surface area contributed by atoms with Crippen molar-refractivity contribution in [1.82, 2.24) is 9.97 Å².